The number of benzene rings is 3. The van der Waals surface area contributed by atoms with Gasteiger partial charge in [0.2, 0.25) is 29.5 Å². The molecule has 73 heavy (non-hydrogen) atoms. The highest BCUT2D eigenvalue weighted by atomic mass is 32.1. The molecule has 0 spiro atoms. The number of fused-ring (bicyclic) bond motifs is 2. The summed E-state index contributed by atoms with van der Waals surface area (Å²) in [7, 11) is -5.86. The minimum absolute atomic E-state index is 0.0386. The molecule has 3 aliphatic rings. The summed E-state index contributed by atoms with van der Waals surface area (Å²) in [5, 5.41) is 11.3. The van der Waals surface area contributed by atoms with Gasteiger partial charge in [-0.3, -0.25) is 43.4 Å². The summed E-state index contributed by atoms with van der Waals surface area (Å²) in [6.45, 7) is 5.33. The second-order valence-electron chi connectivity index (χ2n) is 19.2. The lowest BCUT2D eigenvalue weighted by Gasteiger charge is -2.35. The van der Waals surface area contributed by atoms with Gasteiger partial charge in [-0.05, 0) is 77.9 Å². The monoisotopic (exact) mass is 1060 g/mol. The van der Waals surface area contributed by atoms with Gasteiger partial charge in [0.1, 0.15) is 18.1 Å². The maximum atomic E-state index is 14.7. The number of thiazole rings is 1. The number of anilines is 1. The van der Waals surface area contributed by atoms with Crippen molar-refractivity contribution in [3.05, 3.63) is 106 Å². The number of rotatable bonds is 15. The van der Waals surface area contributed by atoms with E-state index in [1.165, 1.54) is 33.3 Å². The highest BCUT2D eigenvalue weighted by molar-refractivity contribution is 7.52. The number of nitrogens with one attached hydrogen (secondary N) is 4. The van der Waals surface area contributed by atoms with Gasteiger partial charge in [0, 0.05) is 66.0 Å². The fourth-order valence-electron chi connectivity index (χ4n) is 9.05. The quantitative estimate of drug-likeness (QED) is 0.0273. The smallest absolute Gasteiger partial charge is 0.351 e. The van der Waals surface area contributed by atoms with Crippen LogP contribution in [0.15, 0.2) is 79.0 Å². The average molecular weight is 1060 g/mol. The standard InChI is InChI=1S/C51H52F2N7O10PS2/c1-50(2,3)43(57-46(65)39-24-31-23-32(19-21-38(31)72-39)51(52,53)71(68,69)70)48(67)59-27-33(25-37(59)45(64)58-49-54-26-40(73-49)30-14-9-7-10-15-30)55-41(61)18-11-6-4-5-8-13-29-16-12-17-34-35(29)28-60(47(34)66)36-20-22-42(62)56-44(36)63/h7,9-10,12,14-17,19,21,23-24,26,33,36-37,43H,4-6,11,18,20,22,25,27-28H2,1-3H3,(H,55,61)(H,57,65)(H,54,58,64)(H,56,62,63)(H2,68,69,70)/t33-,36?,37+,43?/m1/s1. The Morgan fingerprint density at radius 2 is 1.74 bits per heavy atom. The number of imide groups is 1. The molecule has 382 valence electrons. The zero-order chi connectivity index (χ0) is 52.4. The Balaban J connectivity index is 0.904. The Bertz CT molecular complexity index is 3120. The minimum Gasteiger partial charge on any atom is -0.351 e. The molecule has 5 heterocycles. The van der Waals surface area contributed by atoms with Crippen LogP contribution >= 0.6 is 30.3 Å². The molecule has 0 saturated carbocycles. The van der Waals surface area contributed by atoms with E-state index < -0.39 is 72.0 Å². The van der Waals surface area contributed by atoms with Gasteiger partial charge in [0.05, 0.1) is 9.75 Å². The summed E-state index contributed by atoms with van der Waals surface area (Å²) < 4.78 is 41.0. The van der Waals surface area contributed by atoms with Crippen LogP contribution in [0, 0.1) is 17.3 Å². The largest absolute Gasteiger partial charge is 0.399 e. The number of alkyl halides is 2. The van der Waals surface area contributed by atoms with Gasteiger partial charge in [0.15, 0.2) is 5.13 Å². The van der Waals surface area contributed by atoms with E-state index in [0.29, 0.717) is 46.6 Å². The normalized spacial score (nSPS) is 18.5. The first-order chi connectivity index (χ1) is 34.6. The molecule has 3 aromatic carbocycles. The van der Waals surface area contributed by atoms with E-state index in [2.05, 4.69) is 38.1 Å². The van der Waals surface area contributed by atoms with Gasteiger partial charge >= 0.3 is 13.3 Å². The molecule has 2 aromatic heterocycles. The van der Waals surface area contributed by atoms with Crippen molar-refractivity contribution in [2.45, 2.75) is 109 Å². The van der Waals surface area contributed by atoms with Gasteiger partial charge in [-0.15, -0.1) is 11.3 Å². The number of nitrogens with zero attached hydrogens (tertiary/aromatic N) is 3. The summed E-state index contributed by atoms with van der Waals surface area (Å²) >= 11 is 2.18. The number of piperidine rings is 1. The summed E-state index contributed by atoms with van der Waals surface area (Å²) in [5.74, 6) is 3.04. The van der Waals surface area contributed by atoms with E-state index in [1.807, 2.05) is 36.4 Å². The summed E-state index contributed by atoms with van der Waals surface area (Å²) in [5.41, 5.74) is -3.53. The molecule has 8 rings (SSSR count). The molecule has 22 heteroatoms. The number of halogens is 2. The summed E-state index contributed by atoms with van der Waals surface area (Å²) in [4.78, 5) is 120. The van der Waals surface area contributed by atoms with Crippen LogP contribution in [-0.2, 0) is 40.7 Å². The molecule has 2 fully saturated rings. The van der Waals surface area contributed by atoms with E-state index in [9.17, 15) is 56.7 Å². The van der Waals surface area contributed by atoms with Gasteiger partial charge < -0.3 is 35.5 Å². The van der Waals surface area contributed by atoms with Crippen molar-refractivity contribution in [2.75, 3.05) is 11.9 Å². The molecule has 0 bridgehead atoms. The van der Waals surface area contributed by atoms with Crippen LogP contribution in [0.5, 0.6) is 0 Å². The SMILES string of the molecule is CC(C)(C)C(NC(=O)c1cc2cc(C(F)(F)P(=O)(O)O)ccc2s1)C(=O)N1C[C@H](NC(=O)CCCCCC#Cc2cccc3c2CN(C2CCC(=O)NC2=O)C3=O)C[C@H]1C(=O)Nc1ncc(-c2ccccc2)s1. The fourth-order valence-corrected chi connectivity index (χ4v) is 11.3. The molecular weight excluding hydrogens is 1000 g/mol. The highest BCUT2D eigenvalue weighted by Gasteiger charge is 2.51. The van der Waals surface area contributed by atoms with Crippen LogP contribution in [0.25, 0.3) is 20.5 Å². The topological polar surface area (TPSA) is 245 Å². The van der Waals surface area contributed by atoms with E-state index in [4.69, 9.17) is 0 Å². The van der Waals surface area contributed by atoms with Crippen LogP contribution in [-0.4, -0.2) is 96.6 Å². The predicted molar refractivity (Wildman–Crippen MR) is 269 cm³/mol. The molecule has 17 nitrogen and oxygen atoms in total. The van der Waals surface area contributed by atoms with Crippen LogP contribution in [0.3, 0.4) is 0 Å². The van der Waals surface area contributed by atoms with E-state index in [-0.39, 0.29) is 66.8 Å². The first-order valence-corrected chi connectivity index (χ1v) is 26.8. The summed E-state index contributed by atoms with van der Waals surface area (Å²) in [6.07, 6.45) is 4.66. The lowest BCUT2D eigenvalue weighted by Crippen LogP contribution is -2.57. The van der Waals surface area contributed by atoms with Crippen molar-refractivity contribution in [3.8, 4) is 22.3 Å². The number of carbonyl (C=O) groups excluding carboxylic acids is 7. The van der Waals surface area contributed by atoms with E-state index in [0.717, 1.165) is 39.5 Å². The number of thiophene rings is 1. The second-order valence-corrected chi connectivity index (χ2v) is 23.0. The summed E-state index contributed by atoms with van der Waals surface area (Å²) in [6, 6.07) is 15.3. The first kappa shape index (κ1) is 52.6. The van der Waals surface area contributed by atoms with Gasteiger partial charge in [-0.25, -0.2) is 4.98 Å². The van der Waals surface area contributed by atoms with Crippen molar-refractivity contribution >= 4 is 86.8 Å². The lowest BCUT2D eigenvalue weighted by molar-refractivity contribution is -0.140. The number of amides is 7. The first-order valence-electron chi connectivity index (χ1n) is 23.5. The molecule has 2 saturated heterocycles. The zero-order valence-corrected chi connectivity index (χ0v) is 42.4. The third-order valence-electron chi connectivity index (χ3n) is 12.9. The van der Waals surface area contributed by atoms with Gasteiger partial charge in [-0.2, -0.15) is 8.78 Å². The molecule has 0 aliphatic carbocycles. The Kier molecular flexibility index (Phi) is 15.4. The highest BCUT2D eigenvalue weighted by Crippen LogP contribution is 2.59. The number of unbranched alkanes of at least 4 members (excludes halogenated alkanes) is 3. The number of hydrogen-bond donors (Lipinski definition) is 6. The van der Waals surface area contributed by atoms with Crippen LogP contribution in [0.1, 0.15) is 109 Å². The van der Waals surface area contributed by atoms with E-state index >= 15 is 0 Å². The molecule has 0 radical (unpaired) electrons. The van der Waals surface area contributed by atoms with Crippen molar-refractivity contribution < 1.29 is 56.7 Å². The Morgan fingerprint density at radius 1 is 0.973 bits per heavy atom. The third-order valence-corrected chi connectivity index (χ3v) is 16.0. The van der Waals surface area contributed by atoms with Crippen molar-refractivity contribution in [1.82, 2.24) is 30.7 Å². The predicted octanol–water partition coefficient (Wildman–Crippen LogP) is 6.88. The number of hydrogen-bond acceptors (Lipinski definition) is 11. The maximum Gasteiger partial charge on any atom is 0.399 e. The fraction of sp³-hybridized carbons (Fsp3) is 0.373. The number of aromatic nitrogens is 1. The van der Waals surface area contributed by atoms with Crippen molar-refractivity contribution in [1.29, 1.82) is 0 Å². The van der Waals surface area contributed by atoms with Crippen molar-refractivity contribution in [2.24, 2.45) is 5.41 Å². The molecule has 6 N–H and O–H groups in total. The average Bonchev–Trinajstić information content (AvgIpc) is 4.15. The molecule has 7 amide bonds. The van der Waals surface area contributed by atoms with Crippen LogP contribution < -0.4 is 21.3 Å². The lowest BCUT2D eigenvalue weighted by atomic mass is 9.85. The molecule has 2 unspecified atom stereocenters. The zero-order valence-electron chi connectivity index (χ0n) is 39.9. The molecule has 4 atom stereocenters. The number of likely N-dealkylation sites (tertiary alicyclic amines) is 1. The second kappa shape index (κ2) is 21.4. The third kappa shape index (κ3) is 11.7. The molecular formula is C51H52F2N7O10PS2. The van der Waals surface area contributed by atoms with Gasteiger partial charge in [-0.1, -0.05) is 92.8 Å². The maximum absolute atomic E-state index is 14.7. The minimum atomic E-state index is -5.86. The van der Waals surface area contributed by atoms with Crippen molar-refractivity contribution in [3.63, 3.8) is 0 Å². The van der Waals surface area contributed by atoms with E-state index in [1.54, 1.807) is 39.1 Å². The Hall–Kier alpha value is -6.69. The molecule has 3 aliphatic heterocycles. The van der Waals surface area contributed by atoms with Crippen LogP contribution in [0.2, 0.25) is 0 Å². The Morgan fingerprint density at radius 3 is 2.47 bits per heavy atom. The van der Waals surface area contributed by atoms with Gasteiger partial charge in [0.25, 0.3) is 11.8 Å². The Labute approximate surface area is 426 Å². The molecule has 5 aromatic rings. The van der Waals surface area contributed by atoms with Crippen LogP contribution in [0.4, 0.5) is 13.9 Å². The number of carbonyl (C=O) groups is 7.